The molecule has 0 aliphatic carbocycles. The van der Waals surface area contributed by atoms with Crippen molar-refractivity contribution in [2.45, 2.75) is 39.8 Å². The molecule has 0 bridgehead atoms. The molecular formula is C15H23NO3. The summed E-state index contributed by atoms with van der Waals surface area (Å²) in [6.07, 6.45) is -0.519. The third kappa shape index (κ3) is 4.81. The van der Waals surface area contributed by atoms with Crippen LogP contribution in [0.5, 0.6) is 11.5 Å². The average Bonchev–Trinajstić information content (AvgIpc) is 2.39. The number of rotatable bonds is 6. The highest BCUT2D eigenvalue weighted by molar-refractivity contribution is 5.81. The van der Waals surface area contributed by atoms with Gasteiger partial charge >= 0.3 is 0 Å². The van der Waals surface area contributed by atoms with Crippen molar-refractivity contribution < 1.29 is 14.3 Å². The normalized spacial score (nSPS) is 13.8. The van der Waals surface area contributed by atoms with E-state index in [1.54, 1.807) is 38.3 Å². The van der Waals surface area contributed by atoms with Gasteiger partial charge < -0.3 is 14.8 Å². The summed E-state index contributed by atoms with van der Waals surface area (Å²) in [6.45, 7) is 7.87. The van der Waals surface area contributed by atoms with E-state index in [1.807, 2.05) is 6.92 Å². The Morgan fingerprint density at radius 1 is 1.05 bits per heavy atom. The SMILES string of the molecule is COc1ccc(OC(C)C(=O)NC(C)C(C)C)cc1. The number of carbonyl (C=O) groups excluding carboxylic acids is 1. The van der Waals surface area contributed by atoms with Crippen LogP contribution in [0.1, 0.15) is 27.7 Å². The van der Waals surface area contributed by atoms with Crippen molar-refractivity contribution >= 4 is 5.91 Å². The van der Waals surface area contributed by atoms with Gasteiger partial charge in [0.05, 0.1) is 7.11 Å². The predicted octanol–water partition coefficient (Wildman–Crippen LogP) is 2.62. The fourth-order valence-corrected chi connectivity index (χ4v) is 1.42. The Balaban J connectivity index is 2.53. The number of ether oxygens (including phenoxy) is 2. The van der Waals surface area contributed by atoms with Gasteiger partial charge in [-0.2, -0.15) is 0 Å². The molecule has 4 nitrogen and oxygen atoms in total. The second-order valence-electron chi connectivity index (χ2n) is 4.98. The fourth-order valence-electron chi connectivity index (χ4n) is 1.42. The quantitative estimate of drug-likeness (QED) is 0.860. The van der Waals surface area contributed by atoms with Crippen LogP contribution in [-0.4, -0.2) is 25.2 Å². The fraction of sp³-hybridized carbons (Fsp3) is 0.533. The number of hydrogen-bond donors (Lipinski definition) is 1. The highest BCUT2D eigenvalue weighted by Crippen LogP contribution is 2.18. The van der Waals surface area contributed by atoms with Gasteiger partial charge in [0.1, 0.15) is 11.5 Å². The van der Waals surface area contributed by atoms with Gasteiger partial charge in [0.25, 0.3) is 5.91 Å². The lowest BCUT2D eigenvalue weighted by Gasteiger charge is -2.21. The van der Waals surface area contributed by atoms with E-state index in [0.717, 1.165) is 5.75 Å². The minimum Gasteiger partial charge on any atom is -0.497 e. The van der Waals surface area contributed by atoms with Crippen LogP contribution in [0.25, 0.3) is 0 Å². The van der Waals surface area contributed by atoms with Gasteiger partial charge in [-0.05, 0) is 44.0 Å². The first kappa shape index (κ1) is 15.3. The molecule has 4 heteroatoms. The first-order valence-electron chi connectivity index (χ1n) is 6.55. The number of methoxy groups -OCH3 is 1. The van der Waals surface area contributed by atoms with Gasteiger partial charge in [-0.15, -0.1) is 0 Å². The van der Waals surface area contributed by atoms with Crippen molar-refractivity contribution in [3.05, 3.63) is 24.3 Å². The van der Waals surface area contributed by atoms with E-state index in [-0.39, 0.29) is 11.9 Å². The number of hydrogen-bond acceptors (Lipinski definition) is 3. The molecule has 0 radical (unpaired) electrons. The molecule has 0 aromatic heterocycles. The lowest BCUT2D eigenvalue weighted by atomic mass is 10.1. The van der Waals surface area contributed by atoms with Crippen LogP contribution in [0.4, 0.5) is 0 Å². The molecule has 1 N–H and O–H groups in total. The summed E-state index contributed by atoms with van der Waals surface area (Å²) in [5.74, 6) is 1.72. The van der Waals surface area contributed by atoms with Gasteiger partial charge in [0.2, 0.25) is 0 Å². The van der Waals surface area contributed by atoms with E-state index in [4.69, 9.17) is 9.47 Å². The number of nitrogens with one attached hydrogen (secondary N) is 1. The molecule has 1 aromatic rings. The van der Waals surface area contributed by atoms with E-state index in [2.05, 4.69) is 19.2 Å². The van der Waals surface area contributed by atoms with Crippen molar-refractivity contribution in [2.24, 2.45) is 5.92 Å². The summed E-state index contributed by atoms with van der Waals surface area (Å²) in [6, 6.07) is 7.31. The van der Waals surface area contributed by atoms with E-state index in [0.29, 0.717) is 11.7 Å². The summed E-state index contributed by atoms with van der Waals surface area (Å²) in [5.41, 5.74) is 0. The smallest absolute Gasteiger partial charge is 0.260 e. The molecule has 19 heavy (non-hydrogen) atoms. The molecule has 0 saturated heterocycles. The number of benzene rings is 1. The monoisotopic (exact) mass is 265 g/mol. The largest absolute Gasteiger partial charge is 0.497 e. The zero-order valence-corrected chi connectivity index (χ0v) is 12.3. The van der Waals surface area contributed by atoms with Crippen LogP contribution < -0.4 is 14.8 Å². The van der Waals surface area contributed by atoms with E-state index in [1.165, 1.54) is 0 Å². The van der Waals surface area contributed by atoms with Crippen molar-refractivity contribution in [1.82, 2.24) is 5.32 Å². The number of carbonyl (C=O) groups is 1. The van der Waals surface area contributed by atoms with Crippen molar-refractivity contribution in [3.8, 4) is 11.5 Å². The van der Waals surface area contributed by atoms with Gasteiger partial charge in [0, 0.05) is 6.04 Å². The lowest BCUT2D eigenvalue weighted by Crippen LogP contribution is -2.43. The first-order chi connectivity index (χ1) is 8.93. The van der Waals surface area contributed by atoms with Crippen LogP contribution in [0.15, 0.2) is 24.3 Å². The molecule has 2 atom stereocenters. The zero-order valence-electron chi connectivity index (χ0n) is 12.3. The van der Waals surface area contributed by atoms with Gasteiger partial charge in [-0.25, -0.2) is 0 Å². The molecule has 0 aliphatic heterocycles. The third-order valence-electron chi connectivity index (χ3n) is 3.11. The standard InChI is InChI=1S/C15H23NO3/c1-10(2)11(3)16-15(17)12(4)19-14-8-6-13(18-5)7-9-14/h6-12H,1-5H3,(H,16,17). The molecule has 0 spiro atoms. The summed E-state index contributed by atoms with van der Waals surface area (Å²) < 4.78 is 10.7. The van der Waals surface area contributed by atoms with Crippen LogP contribution in [0, 0.1) is 5.92 Å². The molecule has 1 rings (SSSR count). The molecular weight excluding hydrogens is 242 g/mol. The average molecular weight is 265 g/mol. The Kier molecular flexibility index (Phi) is 5.67. The predicted molar refractivity (Wildman–Crippen MR) is 75.5 cm³/mol. The third-order valence-corrected chi connectivity index (χ3v) is 3.11. The maximum absolute atomic E-state index is 11.9. The second kappa shape index (κ2) is 7.02. The minimum absolute atomic E-state index is 0.1000. The first-order valence-corrected chi connectivity index (χ1v) is 6.55. The molecule has 1 aromatic carbocycles. The van der Waals surface area contributed by atoms with Crippen molar-refractivity contribution in [3.63, 3.8) is 0 Å². The second-order valence-corrected chi connectivity index (χ2v) is 4.98. The Morgan fingerprint density at radius 3 is 2.05 bits per heavy atom. The van der Waals surface area contributed by atoms with Crippen LogP contribution in [0.3, 0.4) is 0 Å². The van der Waals surface area contributed by atoms with Gasteiger partial charge in [0.15, 0.2) is 6.10 Å². The van der Waals surface area contributed by atoms with Crippen molar-refractivity contribution in [2.75, 3.05) is 7.11 Å². The minimum atomic E-state index is -0.519. The zero-order chi connectivity index (χ0) is 14.4. The molecule has 106 valence electrons. The van der Waals surface area contributed by atoms with E-state index in [9.17, 15) is 4.79 Å². The molecule has 2 unspecified atom stereocenters. The van der Waals surface area contributed by atoms with Crippen LogP contribution in [0.2, 0.25) is 0 Å². The van der Waals surface area contributed by atoms with Gasteiger partial charge in [-0.3, -0.25) is 4.79 Å². The lowest BCUT2D eigenvalue weighted by molar-refractivity contribution is -0.128. The summed E-state index contributed by atoms with van der Waals surface area (Å²) in [7, 11) is 1.61. The molecule has 1 amide bonds. The van der Waals surface area contributed by atoms with Crippen LogP contribution >= 0.6 is 0 Å². The maximum atomic E-state index is 11.9. The molecule has 0 fully saturated rings. The molecule has 0 aliphatic rings. The summed E-state index contributed by atoms with van der Waals surface area (Å²) in [5, 5.41) is 2.93. The Bertz CT molecular complexity index is 400. The maximum Gasteiger partial charge on any atom is 0.260 e. The Morgan fingerprint density at radius 2 is 1.58 bits per heavy atom. The van der Waals surface area contributed by atoms with Crippen LogP contribution in [-0.2, 0) is 4.79 Å². The van der Waals surface area contributed by atoms with Gasteiger partial charge in [-0.1, -0.05) is 13.8 Å². The summed E-state index contributed by atoms with van der Waals surface area (Å²) >= 11 is 0. The molecule has 0 saturated carbocycles. The van der Waals surface area contributed by atoms with Crippen molar-refractivity contribution in [1.29, 1.82) is 0 Å². The highest BCUT2D eigenvalue weighted by Gasteiger charge is 2.18. The number of amides is 1. The summed E-state index contributed by atoms with van der Waals surface area (Å²) in [4.78, 5) is 11.9. The highest BCUT2D eigenvalue weighted by atomic mass is 16.5. The Hall–Kier alpha value is -1.71. The molecule has 0 heterocycles. The van der Waals surface area contributed by atoms with E-state index < -0.39 is 6.10 Å². The van der Waals surface area contributed by atoms with E-state index >= 15 is 0 Å². The topological polar surface area (TPSA) is 47.6 Å². The Labute approximate surface area is 115 Å².